The SMILES string of the molecule is Cc1cc(Br)ccc1NC(=O)C(C)(C)C(=O)NC1CCCC1. The quantitative estimate of drug-likeness (QED) is 0.796. The molecule has 0 heterocycles. The van der Waals surface area contributed by atoms with Gasteiger partial charge in [-0.2, -0.15) is 0 Å². The van der Waals surface area contributed by atoms with Gasteiger partial charge in [0, 0.05) is 16.2 Å². The predicted molar refractivity (Wildman–Crippen MR) is 91.7 cm³/mol. The lowest BCUT2D eigenvalue weighted by atomic mass is 9.90. The molecule has 1 aromatic carbocycles. The molecule has 0 aromatic heterocycles. The third-order valence-electron chi connectivity index (χ3n) is 4.26. The van der Waals surface area contributed by atoms with Crippen LogP contribution in [-0.2, 0) is 9.59 Å². The fraction of sp³-hybridized carbons (Fsp3) is 0.529. The highest BCUT2D eigenvalue weighted by molar-refractivity contribution is 9.10. The van der Waals surface area contributed by atoms with E-state index in [4.69, 9.17) is 0 Å². The highest BCUT2D eigenvalue weighted by Crippen LogP contribution is 2.25. The summed E-state index contributed by atoms with van der Waals surface area (Å²) in [5.41, 5.74) is 0.590. The Morgan fingerprint density at radius 1 is 1.18 bits per heavy atom. The van der Waals surface area contributed by atoms with Crippen molar-refractivity contribution in [3.05, 3.63) is 28.2 Å². The van der Waals surface area contributed by atoms with Gasteiger partial charge in [0.15, 0.2) is 0 Å². The van der Waals surface area contributed by atoms with Crippen molar-refractivity contribution in [3.8, 4) is 0 Å². The molecule has 1 fully saturated rings. The zero-order chi connectivity index (χ0) is 16.3. The van der Waals surface area contributed by atoms with Crippen molar-refractivity contribution in [2.45, 2.75) is 52.5 Å². The Bertz CT molecular complexity index is 578. The van der Waals surface area contributed by atoms with E-state index in [0.717, 1.165) is 41.4 Å². The van der Waals surface area contributed by atoms with Crippen LogP contribution in [-0.4, -0.2) is 17.9 Å². The molecule has 0 aliphatic heterocycles. The number of benzene rings is 1. The second-order valence-electron chi connectivity index (χ2n) is 6.49. The monoisotopic (exact) mass is 366 g/mol. The van der Waals surface area contributed by atoms with Gasteiger partial charge in [-0.15, -0.1) is 0 Å². The lowest BCUT2D eigenvalue weighted by Gasteiger charge is -2.25. The first-order valence-corrected chi connectivity index (χ1v) is 8.48. The van der Waals surface area contributed by atoms with E-state index in [9.17, 15) is 9.59 Å². The fourth-order valence-electron chi connectivity index (χ4n) is 2.58. The molecule has 2 rings (SSSR count). The minimum Gasteiger partial charge on any atom is -0.352 e. The van der Waals surface area contributed by atoms with Gasteiger partial charge >= 0.3 is 0 Å². The molecule has 0 saturated heterocycles. The van der Waals surface area contributed by atoms with Gasteiger partial charge in [-0.05, 0) is 57.4 Å². The number of carbonyl (C=O) groups is 2. The Balaban J connectivity index is 2.04. The zero-order valence-corrected chi connectivity index (χ0v) is 14.9. The standard InChI is InChI=1S/C17H23BrN2O2/c1-11-10-12(18)8-9-14(11)20-16(22)17(2,3)15(21)19-13-6-4-5-7-13/h8-10,13H,4-7H2,1-3H3,(H,19,21)(H,20,22). The average Bonchev–Trinajstić information content (AvgIpc) is 2.94. The van der Waals surface area contributed by atoms with Gasteiger partial charge in [0.05, 0.1) is 0 Å². The smallest absolute Gasteiger partial charge is 0.239 e. The lowest BCUT2D eigenvalue weighted by Crippen LogP contribution is -2.48. The van der Waals surface area contributed by atoms with Gasteiger partial charge in [-0.25, -0.2) is 0 Å². The number of aryl methyl sites for hydroxylation is 1. The average molecular weight is 367 g/mol. The summed E-state index contributed by atoms with van der Waals surface area (Å²) < 4.78 is 0.959. The second-order valence-corrected chi connectivity index (χ2v) is 7.41. The number of rotatable bonds is 4. The summed E-state index contributed by atoms with van der Waals surface area (Å²) in [7, 11) is 0. The zero-order valence-electron chi connectivity index (χ0n) is 13.3. The Kier molecular flexibility index (Phi) is 5.27. The van der Waals surface area contributed by atoms with Gasteiger partial charge in [0.25, 0.3) is 0 Å². The minimum atomic E-state index is -1.10. The van der Waals surface area contributed by atoms with E-state index in [2.05, 4.69) is 26.6 Å². The fourth-order valence-corrected chi connectivity index (χ4v) is 3.06. The second kappa shape index (κ2) is 6.82. The molecule has 0 bridgehead atoms. The molecule has 1 aliphatic rings. The third-order valence-corrected chi connectivity index (χ3v) is 4.76. The van der Waals surface area contributed by atoms with E-state index < -0.39 is 5.41 Å². The Hall–Kier alpha value is -1.36. The molecule has 1 saturated carbocycles. The van der Waals surface area contributed by atoms with Crippen LogP contribution in [0.25, 0.3) is 0 Å². The first-order valence-electron chi connectivity index (χ1n) is 7.69. The van der Waals surface area contributed by atoms with E-state index in [1.54, 1.807) is 13.8 Å². The largest absolute Gasteiger partial charge is 0.352 e. The third kappa shape index (κ3) is 3.88. The van der Waals surface area contributed by atoms with Crippen molar-refractivity contribution in [2.75, 3.05) is 5.32 Å². The number of amides is 2. The highest BCUT2D eigenvalue weighted by Gasteiger charge is 2.37. The van der Waals surface area contributed by atoms with E-state index in [0.29, 0.717) is 0 Å². The Morgan fingerprint density at radius 3 is 2.41 bits per heavy atom. The van der Waals surface area contributed by atoms with Crippen LogP contribution in [0.15, 0.2) is 22.7 Å². The molecule has 1 aliphatic carbocycles. The van der Waals surface area contributed by atoms with Gasteiger partial charge < -0.3 is 10.6 Å². The minimum absolute atomic E-state index is 0.202. The molecule has 0 radical (unpaired) electrons. The highest BCUT2D eigenvalue weighted by atomic mass is 79.9. The van der Waals surface area contributed by atoms with Crippen LogP contribution < -0.4 is 10.6 Å². The normalized spacial score (nSPS) is 15.6. The number of halogens is 1. The number of hydrogen-bond acceptors (Lipinski definition) is 2. The number of nitrogens with one attached hydrogen (secondary N) is 2. The van der Waals surface area contributed by atoms with Crippen LogP contribution >= 0.6 is 15.9 Å². The summed E-state index contributed by atoms with van der Waals surface area (Å²) in [5.74, 6) is -0.486. The van der Waals surface area contributed by atoms with Crippen LogP contribution in [0.4, 0.5) is 5.69 Å². The molecule has 0 atom stereocenters. The van der Waals surface area contributed by atoms with Crippen molar-refractivity contribution in [1.82, 2.24) is 5.32 Å². The molecule has 2 N–H and O–H groups in total. The van der Waals surface area contributed by atoms with Crippen LogP contribution in [0, 0.1) is 12.3 Å². The first-order chi connectivity index (χ1) is 10.3. The van der Waals surface area contributed by atoms with Crippen LogP contribution in [0.3, 0.4) is 0 Å². The molecular formula is C17H23BrN2O2. The Morgan fingerprint density at radius 2 is 1.82 bits per heavy atom. The maximum Gasteiger partial charge on any atom is 0.239 e. The van der Waals surface area contributed by atoms with Gasteiger partial charge in [-0.1, -0.05) is 28.8 Å². The predicted octanol–water partition coefficient (Wildman–Crippen LogP) is 3.78. The summed E-state index contributed by atoms with van der Waals surface area (Å²) in [6, 6.07) is 5.85. The molecular weight excluding hydrogens is 344 g/mol. The lowest BCUT2D eigenvalue weighted by molar-refractivity contribution is -0.138. The first kappa shape index (κ1) is 17.0. The molecule has 22 heavy (non-hydrogen) atoms. The van der Waals surface area contributed by atoms with Crippen LogP contribution in [0.1, 0.15) is 45.1 Å². The summed E-state index contributed by atoms with van der Waals surface area (Å²) in [4.78, 5) is 24.9. The summed E-state index contributed by atoms with van der Waals surface area (Å²) >= 11 is 3.40. The number of carbonyl (C=O) groups excluding carboxylic acids is 2. The van der Waals surface area contributed by atoms with Crippen molar-refractivity contribution < 1.29 is 9.59 Å². The maximum atomic E-state index is 12.5. The molecule has 5 heteroatoms. The van der Waals surface area contributed by atoms with Crippen molar-refractivity contribution in [3.63, 3.8) is 0 Å². The van der Waals surface area contributed by atoms with E-state index in [1.165, 1.54) is 0 Å². The van der Waals surface area contributed by atoms with E-state index in [-0.39, 0.29) is 17.9 Å². The Labute approximate surface area is 140 Å². The molecule has 1 aromatic rings. The van der Waals surface area contributed by atoms with Crippen LogP contribution in [0.2, 0.25) is 0 Å². The molecule has 0 unspecified atom stereocenters. The van der Waals surface area contributed by atoms with Gasteiger partial charge in [0.2, 0.25) is 11.8 Å². The van der Waals surface area contributed by atoms with Crippen molar-refractivity contribution in [1.29, 1.82) is 0 Å². The van der Waals surface area contributed by atoms with Crippen molar-refractivity contribution >= 4 is 33.4 Å². The number of anilines is 1. The summed E-state index contributed by atoms with van der Waals surface area (Å²) in [6.45, 7) is 5.26. The molecule has 2 amide bonds. The van der Waals surface area contributed by atoms with E-state index >= 15 is 0 Å². The van der Waals surface area contributed by atoms with Gasteiger partial charge in [-0.3, -0.25) is 9.59 Å². The molecule has 4 nitrogen and oxygen atoms in total. The van der Waals surface area contributed by atoms with E-state index in [1.807, 2.05) is 25.1 Å². The van der Waals surface area contributed by atoms with Crippen LogP contribution in [0.5, 0.6) is 0 Å². The van der Waals surface area contributed by atoms with Crippen molar-refractivity contribution in [2.24, 2.45) is 5.41 Å². The van der Waals surface area contributed by atoms with Gasteiger partial charge in [0.1, 0.15) is 5.41 Å². The topological polar surface area (TPSA) is 58.2 Å². The number of hydrogen-bond donors (Lipinski definition) is 2. The molecule has 120 valence electrons. The summed E-state index contributed by atoms with van der Waals surface area (Å²) in [5, 5.41) is 5.87. The molecule has 0 spiro atoms. The summed E-state index contributed by atoms with van der Waals surface area (Å²) in [6.07, 6.45) is 4.32. The maximum absolute atomic E-state index is 12.5.